The number of nitro benzene ring substituents is 1. The van der Waals surface area contributed by atoms with Gasteiger partial charge in [-0.25, -0.2) is 8.42 Å². The van der Waals surface area contributed by atoms with Gasteiger partial charge in [-0.2, -0.15) is 13.2 Å². The summed E-state index contributed by atoms with van der Waals surface area (Å²) in [6, 6.07) is 8.97. The lowest BCUT2D eigenvalue weighted by atomic mass is 10.2. The van der Waals surface area contributed by atoms with Crippen LogP contribution in [0.3, 0.4) is 0 Å². The first-order valence-corrected chi connectivity index (χ1v) is 8.68. The van der Waals surface area contributed by atoms with Crippen molar-refractivity contribution >= 4 is 27.3 Å². The Kier molecular flexibility index (Phi) is 5.69. The molecule has 0 unspecified atom stereocenters. The van der Waals surface area contributed by atoms with Crippen LogP contribution >= 0.6 is 0 Å². The first-order valence-electron chi connectivity index (χ1n) is 7.20. The number of nitrogens with zero attached hydrogens (tertiary/aromatic N) is 1. The number of alkyl halides is 3. The van der Waals surface area contributed by atoms with Gasteiger partial charge in [-0.15, -0.1) is 0 Å². The number of benzene rings is 2. The van der Waals surface area contributed by atoms with E-state index in [1.165, 1.54) is 18.2 Å². The quantitative estimate of drug-likeness (QED) is 0.568. The van der Waals surface area contributed by atoms with Crippen LogP contribution in [0.5, 0.6) is 0 Å². The van der Waals surface area contributed by atoms with Crippen molar-refractivity contribution < 1.29 is 31.3 Å². The predicted octanol–water partition coefficient (Wildman–Crippen LogP) is 2.69. The third-order valence-electron chi connectivity index (χ3n) is 3.19. The van der Waals surface area contributed by atoms with Gasteiger partial charge in [0.1, 0.15) is 6.54 Å². The Morgan fingerprint density at radius 1 is 1.11 bits per heavy atom. The van der Waals surface area contributed by atoms with Gasteiger partial charge in [0.2, 0.25) is 0 Å². The van der Waals surface area contributed by atoms with Crippen LogP contribution in [0.4, 0.5) is 24.5 Å². The monoisotopic (exact) mass is 403 g/mol. The standard InChI is InChI=1S/C15H12F3N3O5S/c16-15(17,18)9-19-14(22)10-4-6-13(7-5-10)27(25,26)20-11-2-1-3-12(8-11)21(23)24/h1-8,20H,9H2,(H,19,22). The molecule has 0 radical (unpaired) electrons. The minimum absolute atomic E-state index is 0.0452. The average molecular weight is 403 g/mol. The summed E-state index contributed by atoms with van der Waals surface area (Å²) in [5, 5.41) is 12.4. The van der Waals surface area contributed by atoms with E-state index in [1.54, 1.807) is 5.32 Å². The van der Waals surface area contributed by atoms with E-state index in [9.17, 15) is 36.5 Å². The summed E-state index contributed by atoms with van der Waals surface area (Å²) < 4.78 is 63.0. The maximum atomic E-state index is 12.3. The molecule has 144 valence electrons. The van der Waals surface area contributed by atoms with Gasteiger partial charge in [-0.1, -0.05) is 6.07 Å². The van der Waals surface area contributed by atoms with E-state index in [-0.39, 0.29) is 21.8 Å². The summed E-state index contributed by atoms with van der Waals surface area (Å²) in [6.07, 6.45) is -4.57. The minimum atomic E-state index is -4.57. The van der Waals surface area contributed by atoms with Crippen molar-refractivity contribution in [1.29, 1.82) is 0 Å². The van der Waals surface area contributed by atoms with Crippen molar-refractivity contribution in [3.05, 3.63) is 64.2 Å². The molecule has 0 heterocycles. The highest BCUT2D eigenvalue weighted by molar-refractivity contribution is 7.92. The molecule has 0 aliphatic heterocycles. The number of nitro groups is 1. The second-order valence-electron chi connectivity index (χ2n) is 5.24. The molecule has 0 atom stereocenters. The van der Waals surface area contributed by atoms with Crippen molar-refractivity contribution in [2.75, 3.05) is 11.3 Å². The SMILES string of the molecule is O=C(NCC(F)(F)F)c1ccc(S(=O)(=O)Nc2cccc([N+](=O)[O-])c2)cc1. The number of halogens is 3. The molecular formula is C15H12F3N3O5S. The average Bonchev–Trinajstić information content (AvgIpc) is 2.59. The lowest BCUT2D eigenvalue weighted by Gasteiger charge is -2.10. The fraction of sp³-hybridized carbons (Fsp3) is 0.133. The fourth-order valence-corrected chi connectivity index (χ4v) is 3.01. The highest BCUT2D eigenvalue weighted by Crippen LogP contribution is 2.21. The molecule has 0 aliphatic rings. The van der Waals surface area contributed by atoms with Crippen molar-refractivity contribution in [2.45, 2.75) is 11.1 Å². The highest BCUT2D eigenvalue weighted by atomic mass is 32.2. The summed E-state index contributed by atoms with van der Waals surface area (Å²) in [4.78, 5) is 21.4. The van der Waals surface area contributed by atoms with E-state index >= 15 is 0 Å². The van der Waals surface area contributed by atoms with E-state index in [4.69, 9.17) is 0 Å². The molecule has 2 aromatic rings. The van der Waals surface area contributed by atoms with Crippen molar-refractivity contribution in [3.8, 4) is 0 Å². The number of nitrogens with one attached hydrogen (secondary N) is 2. The Morgan fingerprint density at radius 3 is 2.30 bits per heavy atom. The number of non-ortho nitro benzene ring substituents is 1. The van der Waals surface area contributed by atoms with Gasteiger partial charge < -0.3 is 5.32 Å². The number of carbonyl (C=O) groups excluding carboxylic acids is 1. The number of rotatable bonds is 6. The molecule has 27 heavy (non-hydrogen) atoms. The molecule has 0 bridgehead atoms. The predicted molar refractivity (Wildman–Crippen MR) is 88.7 cm³/mol. The van der Waals surface area contributed by atoms with Gasteiger partial charge in [-0.05, 0) is 30.3 Å². The Balaban J connectivity index is 2.14. The Labute approximate surface area is 151 Å². The van der Waals surface area contributed by atoms with Crippen molar-refractivity contribution in [1.82, 2.24) is 5.32 Å². The summed E-state index contributed by atoms with van der Waals surface area (Å²) >= 11 is 0. The number of sulfonamides is 1. The second-order valence-corrected chi connectivity index (χ2v) is 6.92. The summed E-state index contributed by atoms with van der Waals surface area (Å²) in [6.45, 7) is -1.51. The zero-order valence-electron chi connectivity index (χ0n) is 13.4. The van der Waals surface area contributed by atoms with Gasteiger partial charge in [0.25, 0.3) is 21.6 Å². The Hall–Kier alpha value is -3.15. The van der Waals surface area contributed by atoms with Gasteiger partial charge >= 0.3 is 6.18 Å². The molecule has 1 amide bonds. The zero-order chi connectivity index (χ0) is 20.2. The van der Waals surface area contributed by atoms with Crippen LogP contribution < -0.4 is 10.0 Å². The summed E-state index contributed by atoms with van der Waals surface area (Å²) in [7, 11) is -4.12. The van der Waals surface area contributed by atoms with Crippen LogP contribution in [-0.2, 0) is 10.0 Å². The lowest BCUT2D eigenvalue weighted by Crippen LogP contribution is -2.33. The molecule has 2 N–H and O–H groups in total. The van der Waals surface area contributed by atoms with Crippen LogP contribution in [0.15, 0.2) is 53.4 Å². The van der Waals surface area contributed by atoms with Crippen molar-refractivity contribution in [2.24, 2.45) is 0 Å². The van der Waals surface area contributed by atoms with Gasteiger partial charge in [0.05, 0.1) is 15.5 Å². The third-order valence-corrected chi connectivity index (χ3v) is 4.58. The van der Waals surface area contributed by atoms with E-state index in [1.807, 2.05) is 0 Å². The van der Waals surface area contributed by atoms with E-state index in [0.29, 0.717) is 0 Å². The molecule has 0 aliphatic carbocycles. The van der Waals surface area contributed by atoms with Gasteiger partial charge in [-0.3, -0.25) is 19.6 Å². The third kappa shape index (κ3) is 5.67. The molecule has 2 aromatic carbocycles. The maximum Gasteiger partial charge on any atom is 0.405 e. The van der Waals surface area contributed by atoms with E-state index < -0.39 is 33.6 Å². The van der Waals surface area contributed by atoms with Gasteiger partial charge in [0.15, 0.2) is 0 Å². The molecule has 0 aromatic heterocycles. The molecular weight excluding hydrogens is 391 g/mol. The van der Waals surface area contributed by atoms with Crippen LogP contribution in [0.1, 0.15) is 10.4 Å². The number of hydrogen-bond acceptors (Lipinski definition) is 5. The smallest absolute Gasteiger partial charge is 0.343 e. The topological polar surface area (TPSA) is 118 Å². The molecule has 12 heteroatoms. The van der Waals surface area contributed by atoms with Crippen molar-refractivity contribution in [3.63, 3.8) is 0 Å². The Bertz CT molecular complexity index is 959. The maximum absolute atomic E-state index is 12.3. The van der Waals surface area contributed by atoms with E-state index in [2.05, 4.69) is 4.72 Å². The van der Waals surface area contributed by atoms with Crippen LogP contribution in [0, 0.1) is 10.1 Å². The molecule has 8 nitrogen and oxygen atoms in total. The fourth-order valence-electron chi connectivity index (χ4n) is 1.97. The normalized spacial score (nSPS) is 11.7. The number of carbonyl (C=O) groups is 1. The molecule has 0 spiro atoms. The molecule has 0 fully saturated rings. The number of anilines is 1. The zero-order valence-corrected chi connectivity index (χ0v) is 14.2. The van der Waals surface area contributed by atoms with E-state index in [0.717, 1.165) is 30.3 Å². The van der Waals surface area contributed by atoms with Crippen LogP contribution in [0.25, 0.3) is 0 Å². The summed E-state index contributed by atoms with van der Waals surface area (Å²) in [5.74, 6) is -1.01. The van der Waals surface area contributed by atoms with Crippen LogP contribution in [-0.4, -0.2) is 32.0 Å². The minimum Gasteiger partial charge on any atom is -0.343 e. The molecule has 0 saturated heterocycles. The summed E-state index contributed by atoms with van der Waals surface area (Å²) in [5.41, 5.74) is -0.517. The lowest BCUT2D eigenvalue weighted by molar-refractivity contribution is -0.384. The highest BCUT2D eigenvalue weighted by Gasteiger charge is 2.28. The number of hydrogen-bond donors (Lipinski definition) is 2. The van der Waals surface area contributed by atoms with Crippen LogP contribution in [0.2, 0.25) is 0 Å². The number of amides is 1. The first kappa shape index (κ1) is 20.2. The van der Waals surface area contributed by atoms with Gasteiger partial charge in [0, 0.05) is 17.7 Å². The largest absolute Gasteiger partial charge is 0.405 e. The second kappa shape index (κ2) is 7.61. The Morgan fingerprint density at radius 2 is 1.74 bits per heavy atom. The first-order chi connectivity index (χ1) is 12.5. The molecule has 0 saturated carbocycles. The molecule has 2 rings (SSSR count).